The second-order valence-corrected chi connectivity index (χ2v) is 5.27. The number of carbonyl (C=O) groups excluding carboxylic acids is 1. The molecule has 1 aromatic rings. The number of halogens is 1. The first-order valence-corrected chi connectivity index (χ1v) is 6.76. The van der Waals surface area contributed by atoms with Crippen LogP contribution in [0.5, 0.6) is 0 Å². The lowest BCUT2D eigenvalue weighted by Crippen LogP contribution is -2.41. The average Bonchev–Trinajstić information content (AvgIpc) is 2.80. The fraction of sp³-hybridized carbons (Fsp3) is 0.500. The number of H-pyrrole nitrogens is 1. The van der Waals surface area contributed by atoms with Crippen LogP contribution >= 0.6 is 15.9 Å². The maximum absolute atomic E-state index is 12.4. The molecule has 0 radical (unpaired) electrons. The number of likely N-dealkylation sites (tertiary alicyclic amines) is 1. The van der Waals surface area contributed by atoms with Gasteiger partial charge in [0.05, 0.1) is 10.0 Å². The van der Waals surface area contributed by atoms with Crippen molar-refractivity contribution in [2.24, 2.45) is 0 Å². The first-order valence-electron chi connectivity index (χ1n) is 5.97. The number of likely N-dealkylation sites (N-methyl/N-ethyl adjacent to an activating group) is 1. The molecule has 5 nitrogen and oxygen atoms in total. The highest BCUT2D eigenvalue weighted by Crippen LogP contribution is 2.19. The van der Waals surface area contributed by atoms with E-state index in [1.807, 2.05) is 11.9 Å². The Labute approximate surface area is 114 Å². The predicted molar refractivity (Wildman–Crippen MR) is 72.7 cm³/mol. The largest absolute Gasteiger partial charge is 0.334 e. The van der Waals surface area contributed by atoms with Crippen LogP contribution < -0.4 is 10.9 Å². The van der Waals surface area contributed by atoms with Crippen LogP contribution in [0.1, 0.15) is 23.2 Å². The van der Waals surface area contributed by atoms with Gasteiger partial charge < -0.3 is 15.2 Å². The standard InChI is InChI=1S/C12H16BrN3O2/c1-14-7-9-3-2-4-16(9)12(18)8-5-10(13)11(17)15-6-8/h5-6,9,14H,2-4,7H2,1H3,(H,15,17)/t9-/m1/s1. The van der Waals surface area contributed by atoms with Gasteiger partial charge in [0.2, 0.25) is 0 Å². The van der Waals surface area contributed by atoms with Gasteiger partial charge >= 0.3 is 0 Å². The Morgan fingerprint density at radius 1 is 1.67 bits per heavy atom. The summed E-state index contributed by atoms with van der Waals surface area (Å²) in [4.78, 5) is 28.0. The van der Waals surface area contributed by atoms with Crippen LogP contribution in [0.2, 0.25) is 0 Å². The molecule has 1 atom stereocenters. The van der Waals surface area contributed by atoms with Crippen molar-refractivity contribution in [1.29, 1.82) is 0 Å². The summed E-state index contributed by atoms with van der Waals surface area (Å²) in [5.74, 6) is -0.0234. The van der Waals surface area contributed by atoms with Gasteiger partial charge in [-0.2, -0.15) is 0 Å². The average molecular weight is 314 g/mol. The molecule has 98 valence electrons. The van der Waals surface area contributed by atoms with Gasteiger partial charge in [-0.3, -0.25) is 9.59 Å². The summed E-state index contributed by atoms with van der Waals surface area (Å²) in [5, 5.41) is 3.11. The molecule has 1 fully saturated rings. The number of rotatable bonds is 3. The van der Waals surface area contributed by atoms with Crippen LogP contribution in [0.15, 0.2) is 21.5 Å². The summed E-state index contributed by atoms with van der Waals surface area (Å²) in [6.45, 7) is 1.58. The minimum absolute atomic E-state index is 0.0234. The van der Waals surface area contributed by atoms with Crippen LogP contribution in [-0.2, 0) is 0 Å². The molecule has 0 saturated carbocycles. The van der Waals surface area contributed by atoms with Crippen molar-refractivity contribution in [2.75, 3.05) is 20.1 Å². The molecule has 1 saturated heterocycles. The number of hydrogen-bond acceptors (Lipinski definition) is 3. The lowest BCUT2D eigenvalue weighted by molar-refractivity contribution is 0.0736. The Balaban J connectivity index is 2.19. The SMILES string of the molecule is CNC[C@H]1CCCN1C(=O)c1c[nH]c(=O)c(Br)c1. The Kier molecular flexibility index (Phi) is 4.19. The minimum atomic E-state index is -0.222. The third-order valence-corrected chi connectivity index (χ3v) is 3.77. The van der Waals surface area contributed by atoms with Gasteiger partial charge in [-0.05, 0) is 41.9 Å². The Bertz CT molecular complexity index is 500. The monoisotopic (exact) mass is 313 g/mol. The fourth-order valence-electron chi connectivity index (χ4n) is 2.30. The molecule has 2 heterocycles. The molecule has 6 heteroatoms. The van der Waals surface area contributed by atoms with Crippen LogP contribution in [0.25, 0.3) is 0 Å². The first-order chi connectivity index (χ1) is 8.63. The molecular formula is C12H16BrN3O2. The number of amides is 1. The Morgan fingerprint density at radius 2 is 2.44 bits per heavy atom. The van der Waals surface area contributed by atoms with Crippen molar-refractivity contribution >= 4 is 21.8 Å². The summed E-state index contributed by atoms with van der Waals surface area (Å²) in [6.07, 6.45) is 3.53. The number of pyridine rings is 1. The van der Waals surface area contributed by atoms with E-state index in [1.165, 1.54) is 6.20 Å². The fourth-order valence-corrected chi connectivity index (χ4v) is 2.66. The van der Waals surface area contributed by atoms with Gasteiger partial charge in [0.25, 0.3) is 11.5 Å². The van der Waals surface area contributed by atoms with Crippen molar-refractivity contribution in [2.45, 2.75) is 18.9 Å². The first kappa shape index (κ1) is 13.3. The third-order valence-electron chi connectivity index (χ3n) is 3.18. The van der Waals surface area contributed by atoms with E-state index in [9.17, 15) is 9.59 Å². The van der Waals surface area contributed by atoms with Crippen LogP contribution in [0.3, 0.4) is 0 Å². The lowest BCUT2D eigenvalue weighted by atomic mass is 10.2. The molecule has 18 heavy (non-hydrogen) atoms. The molecule has 1 amide bonds. The highest BCUT2D eigenvalue weighted by atomic mass is 79.9. The lowest BCUT2D eigenvalue weighted by Gasteiger charge is -2.24. The molecule has 0 bridgehead atoms. The number of hydrogen-bond donors (Lipinski definition) is 2. The van der Waals surface area contributed by atoms with Gasteiger partial charge in [-0.1, -0.05) is 0 Å². The molecule has 1 aliphatic rings. The molecule has 2 N–H and O–H groups in total. The summed E-state index contributed by atoms with van der Waals surface area (Å²) in [7, 11) is 1.89. The molecular weight excluding hydrogens is 298 g/mol. The van der Waals surface area contributed by atoms with Gasteiger partial charge in [0.1, 0.15) is 0 Å². The molecule has 0 unspecified atom stereocenters. The van der Waals surface area contributed by atoms with E-state index in [1.54, 1.807) is 6.07 Å². The zero-order chi connectivity index (χ0) is 13.1. The second kappa shape index (κ2) is 5.67. The maximum Gasteiger partial charge on any atom is 0.262 e. The molecule has 1 aromatic heterocycles. The maximum atomic E-state index is 12.4. The molecule has 0 aromatic carbocycles. The number of carbonyl (C=O) groups is 1. The third kappa shape index (κ3) is 2.64. The Morgan fingerprint density at radius 3 is 3.11 bits per heavy atom. The number of aromatic nitrogens is 1. The van der Waals surface area contributed by atoms with Crippen molar-refractivity contribution in [3.8, 4) is 0 Å². The van der Waals surface area contributed by atoms with E-state index in [2.05, 4.69) is 26.2 Å². The van der Waals surface area contributed by atoms with Gasteiger partial charge in [-0.15, -0.1) is 0 Å². The summed E-state index contributed by atoms with van der Waals surface area (Å²) in [6, 6.07) is 1.82. The van der Waals surface area contributed by atoms with E-state index in [0.29, 0.717) is 10.0 Å². The van der Waals surface area contributed by atoms with Crippen LogP contribution in [-0.4, -0.2) is 42.0 Å². The van der Waals surface area contributed by atoms with Crippen LogP contribution in [0.4, 0.5) is 0 Å². The van der Waals surface area contributed by atoms with Crippen molar-refractivity contribution in [3.05, 3.63) is 32.7 Å². The number of nitrogens with zero attached hydrogens (tertiary/aromatic N) is 1. The summed E-state index contributed by atoms with van der Waals surface area (Å²) < 4.78 is 0.387. The number of nitrogens with one attached hydrogen (secondary N) is 2. The predicted octanol–water partition coefficient (Wildman–Crippen LogP) is 0.961. The topological polar surface area (TPSA) is 65.2 Å². The zero-order valence-corrected chi connectivity index (χ0v) is 11.8. The van der Waals surface area contributed by atoms with Crippen LogP contribution in [0, 0.1) is 0 Å². The second-order valence-electron chi connectivity index (χ2n) is 4.42. The van der Waals surface area contributed by atoms with E-state index in [-0.39, 0.29) is 17.5 Å². The molecule has 1 aliphatic heterocycles. The quantitative estimate of drug-likeness (QED) is 0.873. The van der Waals surface area contributed by atoms with E-state index >= 15 is 0 Å². The minimum Gasteiger partial charge on any atom is -0.334 e. The highest BCUT2D eigenvalue weighted by Gasteiger charge is 2.28. The van der Waals surface area contributed by atoms with Gasteiger partial charge in [0.15, 0.2) is 0 Å². The summed E-state index contributed by atoms with van der Waals surface area (Å²) in [5.41, 5.74) is 0.296. The smallest absolute Gasteiger partial charge is 0.262 e. The zero-order valence-electron chi connectivity index (χ0n) is 10.2. The van der Waals surface area contributed by atoms with Gasteiger partial charge in [0, 0.05) is 25.3 Å². The van der Waals surface area contributed by atoms with E-state index in [4.69, 9.17) is 0 Å². The van der Waals surface area contributed by atoms with E-state index in [0.717, 1.165) is 25.9 Å². The molecule has 2 rings (SSSR count). The van der Waals surface area contributed by atoms with Crippen molar-refractivity contribution in [3.63, 3.8) is 0 Å². The number of aromatic amines is 1. The molecule has 0 spiro atoms. The van der Waals surface area contributed by atoms with Crippen molar-refractivity contribution in [1.82, 2.24) is 15.2 Å². The molecule has 0 aliphatic carbocycles. The summed E-state index contributed by atoms with van der Waals surface area (Å²) >= 11 is 3.14. The normalized spacial score (nSPS) is 19.2. The highest BCUT2D eigenvalue weighted by molar-refractivity contribution is 9.10. The van der Waals surface area contributed by atoms with Crippen molar-refractivity contribution < 1.29 is 4.79 Å². The van der Waals surface area contributed by atoms with Gasteiger partial charge in [-0.25, -0.2) is 0 Å². The Hall–Kier alpha value is -1.14. The van der Waals surface area contributed by atoms with E-state index < -0.39 is 0 Å².